The van der Waals surface area contributed by atoms with E-state index in [0.29, 0.717) is 51.4 Å². The number of esters is 1. The summed E-state index contributed by atoms with van der Waals surface area (Å²) in [5, 5.41) is 235. The minimum atomic E-state index is -1.96. The van der Waals surface area contributed by atoms with Gasteiger partial charge in [-0.05, 0) is 146 Å². The van der Waals surface area contributed by atoms with E-state index in [4.69, 9.17) is 71.1 Å². The number of hydrogen-bond donors (Lipinski definition) is 22. The Morgan fingerprint density at radius 3 is 1.15 bits per heavy atom. The van der Waals surface area contributed by atoms with E-state index in [0.717, 1.165) is 40.7 Å². The highest BCUT2D eigenvalue weighted by Crippen LogP contribution is 2.38. The van der Waals surface area contributed by atoms with Crippen molar-refractivity contribution in [2.24, 2.45) is 0 Å². The maximum absolute atomic E-state index is 13.7. The fourth-order valence-electron chi connectivity index (χ4n) is 14.8. The van der Waals surface area contributed by atoms with Gasteiger partial charge in [0.05, 0.1) is 69.2 Å². The molecule has 7 heterocycles. The zero-order chi connectivity index (χ0) is 89.1. The monoisotopic (exact) mass is 1730 g/mol. The molecule has 38 heteroatoms. The lowest BCUT2D eigenvalue weighted by Crippen LogP contribution is -2.65. The minimum absolute atomic E-state index is 0.0186. The molecule has 0 amide bonds. The molecule has 690 valence electrons. The summed E-state index contributed by atoms with van der Waals surface area (Å²) < 4.78 is 87.9. The van der Waals surface area contributed by atoms with Gasteiger partial charge in [-0.3, -0.25) is 0 Å². The van der Waals surface area contributed by atoms with Crippen LogP contribution in [0.15, 0.2) is 95.2 Å². The highest BCUT2D eigenvalue weighted by molar-refractivity contribution is 5.88. The van der Waals surface area contributed by atoms with Crippen molar-refractivity contribution in [1.29, 1.82) is 0 Å². The Bertz CT molecular complexity index is 3340. The zero-order valence-corrected chi connectivity index (χ0v) is 69.7. The summed E-state index contributed by atoms with van der Waals surface area (Å²) in [5.74, 6) is -1.04. The number of aliphatic hydroxyl groups is 22. The van der Waals surface area contributed by atoms with Crippen LogP contribution in [0.4, 0.5) is 0 Å². The van der Waals surface area contributed by atoms with E-state index in [1.165, 1.54) is 39.0 Å². The summed E-state index contributed by atoms with van der Waals surface area (Å²) in [6.45, 7) is 21.4. The van der Waals surface area contributed by atoms with Crippen LogP contribution in [0.1, 0.15) is 140 Å². The molecule has 0 aliphatic carbocycles. The Balaban J connectivity index is 0.845. The van der Waals surface area contributed by atoms with E-state index in [-0.39, 0.29) is 18.6 Å². The molecule has 0 radical (unpaired) electrons. The third kappa shape index (κ3) is 27.5. The molecule has 0 aromatic rings. The summed E-state index contributed by atoms with van der Waals surface area (Å²) in [7, 11) is 0. The van der Waals surface area contributed by atoms with Crippen LogP contribution in [0.2, 0.25) is 0 Å². The van der Waals surface area contributed by atoms with Crippen molar-refractivity contribution in [3.63, 3.8) is 0 Å². The third-order valence-electron chi connectivity index (χ3n) is 22.9. The summed E-state index contributed by atoms with van der Waals surface area (Å²) in [5.41, 5.74) is 2.30. The molecule has 0 bridgehead atoms. The number of carbonyl (C=O) groups excluding carboxylic acids is 1. The SMILES string of the molecule is C=C[C@](C)(CC/C=C(\C)CC/C=C(\C)CC/C=C(/C)CO[C@@H]1O[C@@H](C)[C@H](O)[C@@H](O[C@@H]2O[C@H](CO[C@@H]3O[C@@H](C)[C@H](O)[C@@H](O)[C@H]3OC(=O)/C(C)=C/C(O)C/C(C)=C/CC/C(C)=C/CC[C@@](C)(C=C)O[C@@H]3O[C@H](CO)[C@@H](O)[C@H](O)[C@H]3O[C@@H]3O[C@H](CO)[C@@H](O)[C@H](O)[C@H]3O)[C@@H](O)[C@H](O)[C@H]2O)[C@H]1O)O[C@@H]1O[C@H](CO)[C@@H](O)[C@H](O)[C@H]1O[C@@H]1O[C@H](CO)[C@@H](O)[C@H](O)[C@H]1O. The van der Waals surface area contributed by atoms with Crippen molar-refractivity contribution >= 4 is 5.97 Å². The Morgan fingerprint density at radius 1 is 0.375 bits per heavy atom. The molecule has 7 fully saturated rings. The van der Waals surface area contributed by atoms with E-state index in [1.807, 2.05) is 52.0 Å². The van der Waals surface area contributed by atoms with Gasteiger partial charge in [-0.1, -0.05) is 70.4 Å². The maximum atomic E-state index is 13.7. The van der Waals surface area contributed by atoms with Gasteiger partial charge in [0.1, 0.15) is 153 Å². The molecule has 38 atom stereocenters. The van der Waals surface area contributed by atoms with Crippen LogP contribution in [0.25, 0.3) is 0 Å². The molecule has 38 nitrogen and oxygen atoms in total. The largest absolute Gasteiger partial charge is 0.451 e. The lowest BCUT2D eigenvalue weighted by atomic mass is 9.95. The smallest absolute Gasteiger partial charge is 0.334 e. The molecule has 0 saturated carbocycles. The molecule has 22 N–H and O–H groups in total. The van der Waals surface area contributed by atoms with Crippen LogP contribution in [0, 0.1) is 0 Å². The fourth-order valence-corrected chi connectivity index (χ4v) is 14.8. The van der Waals surface area contributed by atoms with Crippen molar-refractivity contribution in [2.45, 2.75) is 372 Å². The molecule has 7 rings (SSSR count). The van der Waals surface area contributed by atoms with Crippen LogP contribution < -0.4 is 0 Å². The van der Waals surface area contributed by atoms with Gasteiger partial charge in [-0.2, -0.15) is 0 Å². The Kier molecular flexibility index (Phi) is 40.9. The van der Waals surface area contributed by atoms with Gasteiger partial charge in [-0.15, -0.1) is 13.2 Å². The number of rotatable bonds is 42. The predicted octanol–water partition coefficient (Wildman–Crippen LogP) is -3.44. The number of carbonyl (C=O) groups is 1. The van der Waals surface area contributed by atoms with Crippen LogP contribution in [-0.2, 0) is 75.8 Å². The lowest BCUT2D eigenvalue weighted by Gasteiger charge is -2.47. The maximum Gasteiger partial charge on any atom is 0.334 e. The molecule has 1 unspecified atom stereocenters. The molecule has 0 aromatic carbocycles. The average Bonchev–Trinajstić information content (AvgIpc) is 0.772. The second-order valence-corrected chi connectivity index (χ2v) is 32.9. The third-order valence-corrected chi connectivity index (χ3v) is 22.9. The van der Waals surface area contributed by atoms with Crippen molar-refractivity contribution in [1.82, 2.24) is 0 Å². The average molecular weight is 1730 g/mol. The first-order valence-electron chi connectivity index (χ1n) is 40.9. The number of hydrogen-bond acceptors (Lipinski definition) is 38. The highest BCUT2D eigenvalue weighted by atomic mass is 16.8. The van der Waals surface area contributed by atoms with E-state index in [1.54, 1.807) is 20.8 Å². The normalized spacial score (nSPS) is 41.1. The molecule has 0 spiro atoms. The number of ether oxygens (including phenoxy) is 15. The minimum Gasteiger partial charge on any atom is -0.451 e. The zero-order valence-electron chi connectivity index (χ0n) is 69.7. The number of allylic oxidation sites excluding steroid dienone is 8. The second kappa shape index (κ2) is 47.7. The molecule has 7 aliphatic rings. The highest BCUT2D eigenvalue weighted by Gasteiger charge is 2.57. The molecule has 7 saturated heterocycles. The van der Waals surface area contributed by atoms with E-state index in [2.05, 4.69) is 19.2 Å². The van der Waals surface area contributed by atoms with E-state index >= 15 is 0 Å². The molecule has 120 heavy (non-hydrogen) atoms. The van der Waals surface area contributed by atoms with Gasteiger partial charge in [0.25, 0.3) is 0 Å². The van der Waals surface area contributed by atoms with Crippen molar-refractivity contribution < 1.29 is 188 Å². The van der Waals surface area contributed by atoms with Gasteiger partial charge in [-0.25, -0.2) is 4.79 Å². The summed E-state index contributed by atoms with van der Waals surface area (Å²) in [4.78, 5) is 13.7. The van der Waals surface area contributed by atoms with E-state index in [9.17, 15) is 117 Å². The molecule has 0 aromatic heterocycles. The number of aliphatic hydroxyl groups excluding tert-OH is 22. The van der Waals surface area contributed by atoms with Gasteiger partial charge in [0.15, 0.2) is 50.1 Å². The lowest BCUT2D eigenvalue weighted by molar-refractivity contribution is -0.375. The molecular weight excluding hydrogens is 1590 g/mol. The van der Waals surface area contributed by atoms with Crippen LogP contribution in [0.5, 0.6) is 0 Å². The first-order valence-corrected chi connectivity index (χ1v) is 40.9. The molecular formula is C82H134O38. The summed E-state index contributed by atoms with van der Waals surface area (Å²) >= 11 is 0. The fraction of sp³-hybridized carbons (Fsp3) is 0.793. The summed E-state index contributed by atoms with van der Waals surface area (Å²) in [6.07, 6.45) is -38.0. The van der Waals surface area contributed by atoms with Crippen LogP contribution in [0.3, 0.4) is 0 Å². The Labute approximate surface area is 698 Å². The van der Waals surface area contributed by atoms with Crippen LogP contribution >= 0.6 is 0 Å². The van der Waals surface area contributed by atoms with Gasteiger partial charge >= 0.3 is 5.97 Å². The van der Waals surface area contributed by atoms with Gasteiger partial charge in [0.2, 0.25) is 0 Å². The van der Waals surface area contributed by atoms with Gasteiger partial charge in [0, 0.05) is 5.57 Å². The molecule has 7 aliphatic heterocycles. The Morgan fingerprint density at radius 2 is 0.725 bits per heavy atom. The van der Waals surface area contributed by atoms with Gasteiger partial charge < -0.3 is 183 Å². The standard InChI is InChI=1S/C82H134O38/c1-13-81(11,119-79-71(63(99)56(92)49(34-85)112-79)117-75-65(101)59(95)54(90)47(32-83)110-75)28-18-26-39(4)21-15-20-38(3)23-17-25-42(7)36-106-74-68(104)69(53(89)45(10)108-74)116-77-67(103)61(97)58(94)51(114-77)37-107-78-70(62(98)52(88)44(9)109-78)115-73(105)43(8)31-46(87)30-41(6)24-16-22-40(5)27-19-29-82(12,14-2)120-80-72(64(100)57(93)50(35-86)113-80)118-76-66(102)60(96)55(91)48(33-84)111-76/h13-14,20,24-27,31,44-72,74-80,83-104H,1-2,15-19,21-23,28-30,32-37H2,3-12H3/b38-20+,39-26+,40-27+,41-24+,42-25-,43-31+/t44-,45-,46?,47+,48+,49+,50+,51+,52-,53-,54+,55+,56+,57+,58+,59-,60-,61-,62+,63-,64-,65+,66+,67+,68+,69+,70+,71+,72+,74+,75-,76-,77-,78+,79-,80-,81+,82+/m0/s1. The summed E-state index contributed by atoms with van der Waals surface area (Å²) in [6, 6.07) is 0. The first kappa shape index (κ1) is 103. The van der Waals surface area contributed by atoms with Crippen molar-refractivity contribution in [3.8, 4) is 0 Å². The Hall–Kier alpha value is -4.05. The first-order chi connectivity index (χ1) is 56.6. The predicted molar refractivity (Wildman–Crippen MR) is 418 cm³/mol. The second-order valence-electron chi connectivity index (χ2n) is 32.9. The quantitative estimate of drug-likeness (QED) is 0.0161. The van der Waals surface area contributed by atoms with Crippen LogP contribution in [-0.4, -0.2) is 390 Å². The van der Waals surface area contributed by atoms with Crippen molar-refractivity contribution in [2.75, 3.05) is 39.6 Å². The van der Waals surface area contributed by atoms with E-state index < -0.39 is 271 Å². The topological polar surface area (TPSA) is 601 Å². The van der Waals surface area contributed by atoms with Crippen molar-refractivity contribution in [3.05, 3.63) is 95.2 Å².